The van der Waals surface area contributed by atoms with Gasteiger partial charge in [0.15, 0.2) is 0 Å². The van der Waals surface area contributed by atoms with Crippen molar-refractivity contribution in [2.75, 3.05) is 13.6 Å². The smallest absolute Gasteiger partial charge is 0.408 e. The van der Waals surface area contributed by atoms with Crippen molar-refractivity contribution in [1.82, 2.24) is 10.2 Å². The highest BCUT2D eigenvalue weighted by molar-refractivity contribution is 5.82. The first kappa shape index (κ1) is 20.1. The first-order chi connectivity index (χ1) is 9.97. The monoisotopic (exact) mass is 312 g/mol. The van der Waals surface area contributed by atoms with E-state index in [4.69, 9.17) is 4.74 Å². The number of hydrogen-bond acceptors (Lipinski definition) is 4. The van der Waals surface area contributed by atoms with Gasteiger partial charge in [-0.3, -0.25) is 9.59 Å². The Bertz CT molecular complexity index is 436. The van der Waals surface area contributed by atoms with Gasteiger partial charge in [0.2, 0.25) is 5.91 Å². The molecule has 0 saturated heterocycles. The summed E-state index contributed by atoms with van der Waals surface area (Å²) >= 11 is 0. The molecule has 0 aromatic rings. The fourth-order valence-electron chi connectivity index (χ4n) is 1.81. The van der Waals surface area contributed by atoms with E-state index in [1.165, 1.54) is 4.90 Å². The van der Waals surface area contributed by atoms with Crippen molar-refractivity contribution in [3.05, 3.63) is 11.6 Å². The van der Waals surface area contributed by atoms with Gasteiger partial charge in [0.1, 0.15) is 18.4 Å². The van der Waals surface area contributed by atoms with Crippen LogP contribution in [0.1, 0.15) is 41.5 Å². The lowest BCUT2D eigenvalue weighted by molar-refractivity contribution is -0.131. The maximum absolute atomic E-state index is 12.2. The first-order valence-corrected chi connectivity index (χ1v) is 7.34. The summed E-state index contributed by atoms with van der Waals surface area (Å²) in [5.41, 5.74) is -0.0398. The quantitative estimate of drug-likeness (QED) is 0.602. The van der Waals surface area contributed by atoms with Gasteiger partial charge < -0.3 is 15.0 Å². The van der Waals surface area contributed by atoms with Crippen LogP contribution in [0.5, 0.6) is 0 Å². The highest BCUT2D eigenvalue weighted by Crippen LogP contribution is 2.13. The Balaban J connectivity index is 4.69. The van der Waals surface area contributed by atoms with E-state index in [0.29, 0.717) is 5.57 Å². The van der Waals surface area contributed by atoms with Crippen molar-refractivity contribution in [1.29, 1.82) is 0 Å². The van der Waals surface area contributed by atoms with E-state index in [1.807, 2.05) is 13.8 Å². The third-order valence-electron chi connectivity index (χ3n) is 2.93. The van der Waals surface area contributed by atoms with Gasteiger partial charge >= 0.3 is 6.09 Å². The number of aldehydes is 1. The molecule has 0 aliphatic carbocycles. The molecule has 0 aliphatic rings. The second-order valence-corrected chi connectivity index (χ2v) is 6.62. The summed E-state index contributed by atoms with van der Waals surface area (Å²) in [5.74, 6) is -0.107. The molecule has 1 atom stereocenters. The molecule has 0 saturated carbocycles. The molecule has 0 fully saturated rings. The number of nitrogens with one attached hydrogen (secondary N) is 1. The van der Waals surface area contributed by atoms with Crippen LogP contribution >= 0.6 is 0 Å². The molecule has 0 aliphatic heterocycles. The Morgan fingerprint density at radius 1 is 1.27 bits per heavy atom. The third kappa shape index (κ3) is 7.81. The number of ether oxygens (including phenoxy) is 1. The highest BCUT2D eigenvalue weighted by atomic mass is 16.6. The molecule has 0 bridgehead atoms. The number of allylic oxidation sites excluding steroid dienone is 1. The minimum atomic E-state index is -0.630. The predicted molar refractivity (Wildman–Crippen MR) is 85.5 cm³/mol. The van der Waals surface area contributed by atoms with Crippen molar-refractivity contribution < 1.29 is 19.1 Å². The summed E-state index contributed by atoms with van der Waals surface area (Å²) in [7, 11) is 1.65. The summed E-state index contributed by atoms with van der Waals surface area (Å²) in [4.78, 5) is 36.0. The first-order valence-electron chi connectivity index (χ1n) is 7.34. The lowest BCUT2D eigenvalue weighted by Crippen LogP contribution is -2.45. The Kier molecular flexibility index (Phi) is 7.84. The number of nitrogens with zero attached hydrogens (tertiary/aromatic N) is 1. The maximum atomic E-state index is 12.2. The average molecular weight is 312 g/mol. The van der Waals surface area contributed by atoms with Crippen LogP contribution in [0.4, 0.5) is 4.79 Å². The van der Waals surface area contributed by atoms with Crippen LogP contribution in [0.2, 0.25) is 0 Å². The zero-order valence-corrected chi connectivity index (χ0v) is 14.6. The minimum absolute atomic E-state index is 0.144. The van der Waals surface area contributed by atoms with Crippen LogP contribution < -0.4 is 5.32 Å². The van der Waals surface area contributed by atoms with Gasteiger partial charge in [-0.15, -0.1) is 0 Å². The summed E-state index contributed by atoms with van der Waals surface area (Å²) in [6.45, 7) is 10.7. The Morgan fingerprint density at radius 2 is 1.82 bits per heavy atom. The topological polar surface area (TPSA) is 75.7 Å². The van der Waals surface area contributed by atoms with Crippen LogP contribution in [-0.2, 0) is 14.3 Å². The summed E-state index contributed by atoms with van der Waals surface area (Å²) in [5, 5.41) is 2.44. The van der Waals surface area contributed by atoms with Gasteiger partial charge in [0.25, 0.3) is 0 Å². The van der Waals surface area contributed by atoms with Gasteiger partial charge in [0.05, 0.1) is 6.04 Å². The normalized spacial score (nSPS) is 13.5. The van der Waals surface area contributed by atoms with E-state index < -0.39 is 11.7 Å². The number of hydrogen-bond donors (Lipinski definition) is 1. The molecule has 0 rings (SSSR count). The lowest BCUT2D eigenvalue weighted by atomic mass is 10.0. The van der Waals surface area contributed by atoms with Crippen molar-refractivity contribution >= 4 is 18.3 Å². The second-order valence-electron chi connectivity index (χ2n) is 6.62. The number of alkyl carbamates (subject to hydrolysis) is 1. The number of rotatable bonds is 6. The van der Waals surface area contributed by atoms with Gasteiger partial charge in [-0.05, 0) is 39.2 Å². The molecule has 126 valence electrons. The van der Waals surface area contributed by atoms with Gasteiger partial charge in [-0.2, -0.15) is 0 Å². The summed E-state index contributed by atoms with van der Waals surface area (Å²) in [6, 6.07) is -0.210. The molecule has 1 unspecified atom stereocenters. The maximum Gasteiger partial charge on any atom is 0.408 e. The van der Waals surface area contributed by atoms with E-state index >= 15 is 0 Å². The van der Waals surface area contributed by atoms with Crippen LogP contribution in [-0.4, -0.2) is 48.4 Å². The average Bonchev–Trinajstić information content (AvgIpc) is 2.38. The van der Waals surface area contributed by atoms with Crippen molar-refractivity contribution in [3.8, 4) is 0 Å². The van der Waals surface area contributed by atoms with Crippen LogP contribution in [0.25, 0.3) is 0 Å². The molecule has 0 aromatic carbocycles. The number of carbonyl (C=O) groups is 3. The van der Waals surface area contributed by atoms with Crippen LogP contribution in [0.15, 0.2) is 11.6 Å². The fourth-order valence-corrected chi connectivity index (χ4v) is 1.81. The van der Waals surface area contributed by atoms with E-state index in [-0.39, 0.29) is 24.4 Å². The van der Waals surface area contributed by atoms with Crippen molar-refractivity contribution in [2.45, 2.75) is 53.2 Å². The molecule has 0 spiro atoms. The van der Waals surface area contributed by atoms with E-state index in [2.05, 4.69) is 5.32 Å². The molecule has 0 heterocycles. The van der Waals surface area contributed by atoms with Crippen molar-refractivity contribution in [3.63, 3.8) is 0 Å². The molecular weight excluding hydrogens is 284 g/mol. The lowest BCUT2D eigenvalue weighted by Gasteiger charge is -2.29. The molecule has 0 radical (unpaired) electrons. The van der Waals surface area contributed by atoms with Gasteiger partial charge in [0, 0.05) is 7.05 Å². The Hall–Kier alpha value is -1.85. The fraction of sp³-hybridized carbons (Fsp3) is 0.688. The molecule has 0 aromatic heterocycles. The molecular formula is C16H28N2O4. The highest BCUT2D eigenvalue weighted by Gasteiger charge is 2.22. The third-order valence-corrected chi connectivity index (χ3v) is 2.93. The van der Waals surface area contributed by atoms with E-state index in [0.717, 1.165) is 6.29 Å². The zero-order chi connectivity index (χ0) is 17.5. The standard InChI is InChI=1S/C16H28N2O4/c1-11(2)13(8-12(3)10-19)18(7)14(20)9-17-15(21)22-16(4,5)6/h8,10-11,13H,9H2,1-7H3,(H,17,21)/b12-8+. The number of carbonyl (C=O) groups excluding carboxylic acids is 3. The number of amides is 2. The number of likely N-dealkylation sites (N-methyl/N-ethyl adjacent to an activating group) is 1. The largest absolute Gasteiger partial charge is 0.444 e. The SMILES string of the molecule is C/C(C=O)=C\C(C(C)C)N(C)C(=O)CNC(=O)OC(C)(C)C. The van der Waals surface area contributed by atoms with Crippen LogP contribution in [0, 0.1) is 5.92 Å². The van der Waals surface area contributed by atoms with Gasteiger partial charge in [-0.25, -0.2) is 4.79 Å². The molecule has 6 nitrogen and oxygen atoms in total. The molecule has 2 amide bonds. The molecule has 6 heteroatoms. The molecule has 22 heavy (non-hydrogen) atoms. The summed E-state index contributed by atoms with van der Waals surface area (Å²) in [6.07, 6.45) is 1.88. The van der Waals surface area contributed by atoms with Crippen LogP contribution in [0.3, 0.4) is 0 Å². The molecule has 1 N–H and O–H groups in total. The predicted octanol–water partition coefficient (Wildman–Crippen LogP) is 2.14. The Morgan fingerprint density at radius 3 is 2.23 bits per heavy atom. The van der Waals surface area contributed by atoms with E-state index in [1.54, 1.807) is 40.8 Å². The Labute approximate surface area is 132 Å². The van der Waals surface area contributed by atoms with Crippen molar-refractivity contribution in [2.24, 2.45) is 5.92 Å². The minimum Gasteiger partial charge on any atom is -0.444 e. The second kappa shape index (κ2) is 8.56. The zero-order valence-electron chi connectivity index (χ0n) is 14.6. The van der Waals surface area contributed by atoms with E-state index in [9.17, 15) is 14.4 Å². The van der Waals surface area contributed by atoms with Gasteiger partial charge in [-0.1, -0.05) is 19.9 Å². The summed E-state index contributed by atoms with van der Waals surface area (Å²) < 4.78 is 5.08.